The molecule has 1 rings (SSSR count). The van der Waals surface area contributed by atoms with Gasteiger partial charge in [0.25, 0.3) is 0 Å². The summed E-state index contributed by atoms with van der Waals surface area (Å²) in [6.45, 7) is 5.79. The van der Waals surface area contributed by atoms with Gasteiger partial charge in [-0.1, -0.05) is 6.42 Å². The molecule has 0 bridgehead atoms. The van der Waals surface area contributed by atoms with Gasteiger partial charge in [0, 0.05) is 25.2 Å². The van der Waals surface area contributed by atoms with E-state index < -0.39 is 21.5 Å². The van der Waals surface area contributed by atoms with Crippen molar-refractivity contribution < 1.29 is 3.07 Å². The van der Waals surface area contributed by atoms with E-state index in [1.54, 1.807) is 0 Å². The van der Waals surface area contributed by atoms with Crippen LogP contribution in [0.4, 0.5) is 0 Å². The van der Waals surface area contributed by atoms with Gasteiger partial charge >= 0.3 is 0 Å². The minimum Gasteiger partial charge on any atom is -0.390 e. The van der Waals surface area contributed by atoms with E-state index >= 15 is 0 Å². The summed E-state index contributed by atoms with van der Waals surface area (Å²) in [5.74, 6) is 0.458. The molecule has 6 nitrogen and oxygen atoms in total. The van der Waals surface area contributed by atoms with Crippen LogP contribution in [0.2, 0.25) is 0 Å². The third kappa shape index (κ3) is 5.15. The van der Waals surface area contributed by atoms with E-state index in [0.717, 1.165) is 31.5 Å². The number of hydrogen-bond donors (Lipinski definition) is 3. The van der Waals surface area contributed by atoms with Crippen LogP contribution < -0.4 is 16.8 Å². The maximum Gasteiger partial charge on any atom is 0.240 e. The van der Waals surface area contributed by atoms with Gasteiger partial charge in [-0.2, -0.15) is 0 Å². The van der Waals surface area contributed by atoms with Crippen molar-refractivity contribution in [3.05, 3.63) is 11.4 Å². The summed E-state index contributed by atoms with van der Waals surface area (Å²) in [6, 6.07) is 0.519. The van der Waals surface area contributed by atoms with Gasteiger partial charge < -0.3 is 16.8 Å². The number of nitrogens with zero attached hydrogens (tertiary/aromatic N) is 2. The minimum atomic E-state index is -1.05. The molecular weight excluding hydrogens is 357 g/mol. The molecule has 0 aromatic heterocycles. The second kappa shape index (κ2) is 8.60. The first-order chi connectivity index (χ1) is 9.10. The molecule has 2 atom stereocenters. The molecule has 0 saturated carbocycles. The lowest BCUT2D eigenvalue weighted by molar-refractivity contribution is 0.282. The highest BCUT2D eigenvalue weighted by atomic mass is 127. The van der Waals surface area contributed by atoms with Crippen molar-refractivity contribution in [1.29, 1.82) is 0 Å². The van der Waals surface area contributed by atoms with Crippen LogP contribution in [0.15, 0.2) is 16.4 Å². The Morgan fingerprint density at radius 1 is 1.63 bits per heavy atom. The lowest BCUT2D eigenvalue weighted by Crippen LogP contribution is -2.43. The van der Waals surface area contributed by atoms with Gasteiger partial charge in [0.15, 0.2) is 0 Å². The van der Waals surface area contributed by atoms with Crippen LogP contribution in [0, 0.1) is 0 Å². The Balaban J connectivity index is 2.51. The highest BCUT2D eigenvalue weighted by molar-refractivity contribution is 14.1. The fourth-order valence-electron chi connectivity index (χ4n) is 2.13. The van der Waals surface area contributed by atoms with E-state index in [2.05, 4.69) is 13.4 Å². The van der Waals surface area contributed by atoms with Crippen molar-refractivity contribution in [3.8, 4) is 0 Å². The van der Waals surface area contributed by atoms with E-state index in [9.17, 15) is 3.07 Å². The summed E-state index contributed by atoms with van der Waals surface area (Å²) >= 11 is -1.05. The molecule has 1 heterocycles. The first-order valence-electron chi connectivity index (χ1n) is 6.58. The quantitative estimate of drug-likeness (QED) is 0.278. The molecule has 0 aliphatic carbocycles. The van der Waals surface area contributed by atoms with Crippen LogP contribution in [0.25, 0.3) is 0 Å². The summed E-state index contributed by atoms with van der Waals surface area (Å²) in [7, 11) is 0. The number of rotatable bonds is 6. The van der Waals surface area contributed by atoms with Crippen molar-refractivity contribution in [2.75, 3.05) is 13.1 Å². The van der Waals surface area contributed by atoms with Crippen molar-refractivity contribution in [2.24, 2.45) is 16.5 Å². The zero-order valence-corrected chi connectivity index (χ0v) is 13.8. The molecule has 1 saturated heterocycles. The van der Waals surface area contributed by atoms with E-state index in [4.69, 9.17) is 11.5 Å². The van der Waals surface area contributed by atoms with Crippen molar-refractivity contribution in [3.63, 3.8) is 0 Å². The lowest BCUT2D eigenvalue weighted by atomic mass is 10.0. The first-order valence-corrected chi connectivity index (χ1v) is 8.42. The van der Waals surface area contributed by atoms with Gasteiger partial charge in [0.05, 0.1) is 6.34 Å². The van der Waals surface area contributed by atoms with E-state index in [0.29, 0.717) is 11.9 Å². The van der Waals surface area contributed by atoms with E-state index in [-0.39, 0.29) is 6.04 Å². The van der Waals surface area contributed by atoms with Crippen LogP contribution in [-0.4, -0.2) is 34.6 Å². The summed E-state index contributed by atoms with van der Waals surface area (Å²) in [5, 5.41) is 3.44. The Labute approximate surface area is 125 Å². The Hall–Kier alpha value is -0.540. The smallest absolute Gasteiger partial charge is 0.240 e. The second-order valence-corrected chi connectivity index (χ2v) is 6.45. The molecule has 1 aliphatic rings. The zero-order chi connectivity index (χ0) is 14.3. The summed E-state index contributed by atoms with van der Waals surface area (Å²) in [5.41, 5.74) is 12.0. The Morgan fingerprint density at radius 2 is 2.37 bits per heavy atom. The van der Waals surface area contributed by atoms with E-state index in [1.807, 2.05) is 13.8 Å². The van der Waals surface area contributed by atoms with Gasteiger partial charge in [0.1, 0.15) is 5.82 Å². The molecule has 5 N–H and O–H groups in total. The largest absolute Gasteiger partial charge is 0.390 e. The van der Waals surface area contributed by atoms with Crippen LogP contribution in [0.1, 0.15) is 33.1 Å². The normalized spacial score (nSPS) is 24.4. The molecule has 0 unspecified atom stereocenters. The number of nitrogens with one attached hydrogen (secondary N) is 1. The Morgan fingerprint density at radius 3 is 3.00 bits per heavy atom. The molecule has 0 amide bonds. The monoisotopic (exact) mass is 381 g/mol. The molecule has 110 valence electrons. The fourth-order valence-corrected chi connectivity index (χ4v) is 3.46. The number of halogens is 1. The third-order valence-electron chi connectivity index (χ3n) is 3.57. The molecule has 19 heavy (non-hydrogen) atoms. The topological polar surface area (TPSA) is 96.7 Å². The third-order valence-corrected chi connectivity index (χ3v) is 5.35. The minimum absolute atomic E-state index is 0.136. The maximum atomic E-state index is 11.2. The fraction of sp³-hybridized carbons (Fsp3) is 0.750. The molecule has 0 aromatic carbocycles. The molecule has 0 radical (unpaired) electrons. The Kier molecular flexibility index (Phi) is 7.47. The van der Waals surface area contributed by atoms with Crippen molar-refractivity contribution >= 4 is 27.8 Å². The van der Waals surface area contributed by atoms with Crippen LogP contribution in [0.5, 0.6) is 0 Å². The summed E-state index contributed by atoms with van der Waals surface area (Å²) in [6.07, 6.45) is 4.69. The zero-order valence-electron chi connectivity index (χ0n) is 11.6. The highest BCUT2D eigenvalue weighted by Crippen LogP contribution is 2.23. The number of aliphatic imine (C=N–C) groups is 1. The predicted molar refractivity (Wildman–Crippen MR) is 86.1 cm³/mol. The SMILES string of the molecule is C/C(=C(\N)N=CN)[C@@H](C)NC[C@H]1CCCCN1I=O. The average molecular weight is 381 g/mol. The summed E-state index contributed by atoms with van der Waals surface area (Å²) < 4.78 is 13.3. The predicted octanol–water partition coefficient (Wildman–Crippen LogP) is 1.23. The van der Waals surface area contributed by atoms with Gasteiger partial charge in [-0.3, -0.25) is 3.07 Å². The standard InChI is InChI=1S/C12H24IN5O/c1-9(12(15)17-8-14)10(2)16-7-11-5-3-4-6-18(11)13-19/h8,10-11,16H,3-7,15H2,1-2H3,(H2,14,17)/b12-9-/t10-,11-/m1/s1. The van der Waals surface area contributed by atoms with Gasteiger partial charge in [0.2, 0.25) is 21.5 Å². The van der Waals surface area contributed by atoms with Crippen LogP contribution in [-0.2, 0) is 3.07 Å². The Bertz CT molecular complexity index is 358. The maximum absolute atomic E-state index is 11.2. The second-order valence-electron chi connectivity index (χ2n) is 4.82. The van der Waals surface area contributed by atoms with Gasteiger partial charge in [-0.15, -0.1) is 0 Å². The lowest BCUT2D eigenvalue weighted by Gasteiger charge is -2.31. The van der Waals surface area contributed by atoms with Crippen molar-refractivity contribution in [2.45, 2.75) is 45.2 Å². The highest BCUT2D eigenvalue weighted by Gasteiger charge is 2.23. The van der Waals surface area contributed by atoms with Crippen molar-refractivity contribution in [1.82, 2.24) is 8.43 Å². The summed E-state index contributed by atoms with van der Waals surface area (Å²) in [4.78, 5) is 3.89. The number of piperidine rings is 1. The van der Waals surface area contributed by atoms with Gasteiger partial charge in [-0.25, -0.2) is 8.11 Å². The van der Waals surface area contributed by atoms with Crippen LogP contribution >= 0.6 is 21.5 Å². The van der Waals surface area contributed by atoms with Gasteiger partial charge in [-0.05, 0) is 32.3 Å². The molecule has 0 aromatic rings. The molecule has 0 spiro atoms. The molecule has 7 heteroatoms. The first kappa shape index (κ1) is 16.5. The molecular formula is C12H24IN5O. The molecule has 1 fully saturated rings. The number of hydrogen-bond acceptors (Lipinski definition) is 4. The van der Waals surface area contributed by atoms with E-state index in [1.165, 1.54) is 12.8 Å². The number of nitrogens with two attached hydrogens (primary N) is 2. The average Bonchev–Trinajstić information content (AvgIpc) is 2.44. The molecule has 1 aliphatic heterocycles. The van der Waals surface area contributed by atoms with Crippen LogP contribution in [0.3, 0.4) is 0 Å².